The van der Waals surface area contributed by atoms with Crippen molar-refractivity contribution >= 4 is 0 Å². The summed E-state index contributed by atoms with van der Waals surface area (Å²) >= 11 is 0. The average Bonchev–Trinajstić information content (AvgIpc) is 1.75. The van der Waals surface area contributed by atoms with Crippen LogP contribution in [0.3, 0.4) is 0 Å². The normalized spacial score (nSPS) is 1.60. The Morgan fingerprint density at radius 2 is 0.233 bits per heavy atom. The molecular formula is C9H25Y21-. The molecule has 21 radical (unpaired) electrons. The van der Waals surface area contributed by atoms with Gasteiger partial charge in [0, 0.05) is 687 Å². The molecule has 0 amide bonds. The molecule has 0 aliphatic rings. The monoisotopic (exact) mass is 2000 g/mol. The number of rotatable bonds is 0. The first-order valence-electron chi connectivity index (χ1n) is 3.73. The number of hydrogen-bond donors (Lipinski definition) is 0. The summed E-state index contributed by atoms with van der Waals surface area (Å²) < 4.78 is 0. The SMILES string of the molecule is CC.CC.CC(C)C.[CH3-].[Y].[Y].[Y].[Y].[Y].[Y].[Y].[Y].[Y].[Y].[Y].[Y].[Y].[Y].[Y].[Y].[Y].[Y].[Y].[Y].[Y]. The Kier molecular flexibility index (Phi) is 1210. The van der Waals surface area contributed by atoms with Gasteiger partial charge in [-0.25, -0.2) is 0 Å². The fourth-order valence-electron chi connectivity index (χ4n) is 0. The third kappa shape index (κ3) is 240. The van der Waals surface area contributed by atoms with E-state index in [4.69, 9.17) is 0 Å². The Morgan fingerprint density at radius 1 is 0.233 bits per heavy atom. The van der Waals surface area contributed by atoms with Gasteiger partial charge in [-0.3, -0.25) is 0 Å². The van der Waals surface area contributed by atoms with Gasteiger partial charge in [0.2, 0.25) is 0 Å². The third-order valence-electron chi connectivity index (χ3n) is 0. The molecule has 0 aromatic rings. The first kappa shape index (κ1) is 182. The van der Waals surface area contributed by atoms with E-state index in [2.05, 4.69) is 20.8 Å². The summed E-state index contributed by atoms with van der Waals surface area (Å²) in [6.07, 6.45) is 0. The van der Waals surface area contributed by atoms with Crippen LogP contribution < -0.4 is 0 Å². The van der Waals surface area contributed by atoms with Crippen LogP contribution in [0.1, 0.15) is 48.5 Å². The third-order valence-corrected chi connectivity index (χ3v) is 0. The molecule has 0 saturated carbocycles. The number of hydrogen-bond acceptors (Lipinski definition) is 0. The maximum absolute atomic E-state index is 2.17. The molecule has 0 aromatic heterocycles. The van der Waals surface area contributed by atoms with Crippen LogP contribution in [0.5, 0.6) is 0 Å². The molecule has 0 nitrogen and oxygen atoms in total. The van der Waals surface area contributed by atoms with Crippen molar-refractivity contribution in [3.8, 4) is 0 Å². The van der Waals surface area contributed by atoms with E-state index in [0.29, 0.717) is 0 Å². The summed E-state index contributed by atoms with van der Waals surface area (Å²) in [4.78, 5) is 0. The molecule has 0 heterocycles. The van der Waals surface area contributed by atoms with Crippen LogP contribution in [0.25, 0.3) is 0 Å². The first-order chi connectivity index (χ1) is 3.73. The molecule has 0 aliphatic heterocycles. The molecule has 0 saturated heterocycles. The van der Waals surface area contributed by atoms with Crippen LogP contribution in [0.4, 0.5) is 0 Å². The van der Waals surface area contributed by atoms with Gasteiger partial charge in [-0.05, 0) is 5.92 Å². The molecular weight excluding hydrogens is 1980 g/mol. The van der Waals surface area contributed by atoms with Crippen LogP contribution in [0.15, 0.2) is 0 Å². The van der Waals surface area contributed by atoms with E-state index in [1.54, 1.807) is 0 Å². The Hall–Kier alpha value is 23.2. The smallest absolute Gasteiger partial charge is 0 e. The van der Waals surface area contributed by atoms with Crippen molar-refractivity contribution in [2.75, 3.05) is 0 Å². The zero-order valence-corrected chi connectivity index (χ0v) is 80.3. The molecule has 21 heteroatoms. The van der Waals surface area contributed by atoms with Gasteiger partial charge in [0.1, 0.15) is 0 Å². The minimum atomic E-state index is 0. The largest absolute Gasteiger partial charge is 0.358 e. The molecule has 0 fully saturated rings. The van der Waals surface area contributed by atoms with Crippen molar-refractivity contribution in [2.24, 2.45) is 5.92 Å². The van der Waals surface area contributed by atoms with Crippen molar-refractivity contribution in [1.29, 1.82) is 0 Å². The molecule has 30 heavy (non-hydrogen) atoms. The zero-order valence-electron chi connectivity index (χ0n) is 20.7. The standard InChI is InChI=1S/C4H10.2C2H6.CH3.21Y/c1-4(2)3;2*1-2;;;;;;;;;;;;;;;;;;;;;;/h4H,1-3H3;2*1-2H3;1H3;;;;;;;;;;;;;;;;;;;;;/q;;;-1;;;;;;;;;;;;;;;;;;;;;. The minimum absolute atomic E-state index is 0. The maximum Gasteiger partial charge on any atom is 0 e. The van der Waals surface area contributed by atoms with E-state index in [-0.39, 0.29) is 694 Å². The molecule has 125 valence electrons. The van der Waals surface area contributed by atoms with Crippen molar-refractivity contribution in [3.63, 3.8) is 0 Å². The molecule has 0 aliphatic carbocycles. The molecule has 0 N–H and O–H groups in total. The average molecular weight is 2000 g/mol. The molecule has 0 unspecified atom stereocenters. The molecule has 0 aromatic carbocycles. The predicted octanol–water partition coefficient (Wildman–Crippen LogP) is 4.11. The van der Waals surface area contributed by atoms with Gasteiger partial charge in [0.05, 0.1) is 0 Å². The van der Waals surface area contributed by atoms with E-state index in [1.165, 1.54) is 0 Å². The molecule has 0 atom stereocenters. The van der Waals surface area contributed by atoms with Crippen LogP contribution in [0, 0.1) is 13.3 Å². The Morgan fingerprint density at radius 3 is 0.233 bits per heavy atom. The van der Waals surface area contributed by atoms with Crippen molar-refractivity contribution in [1.82, 2.24) is 0 Å². The van der Waals surface area contributed by atoms with E-state index in [0.717, 1.165) is 5.92 Å². The summed E-state index contributed by atoms with van der Waals surface area (Å²) in [6.45, 7) is 14.5. The van der Waals surface area contributed by atoms with Crippen LogP contribution in [-0.2, 0) is 687 Å². The summed E-state index contributed by atoms with van der Waals surface area (Å²) in [5, 5.41) is 0. The van der Waals surface area contributed by atoms with E-state index in [9.17, 15) is 0 Å². The predicted molar refractivity (Wildman–Crippen MR) is 49.6 cm³/mol. The minimum Gasteiger partial charge on any atom is -0.358 e. The van der Waals surface area contributed by atoms with Gasteiger partial charge in [-0.1, -0.05) is 48.5 Å². The zero-order chi connectivity index (χ0) is 7.58. The van der Waals surface area contributed by atoms with Crippen LogP contribution in [-0.4, -0.2) is 0 Å². The van der Waals surface area contributed by atoms with Crippen molar-refractivity contribution < 1.29 is 687 Å². The Bertz CT molecular complexity index is 31.2. The van der Waals surface area contributed by atoms with Gasteiger partial charge in [-0.15, -0.1) is 0 Å². The second-order valence-electron chi connectivity index (χ2n) is 1.73. The van der Waals surface area contributed by atoms with Crippen LogP contribution >= 0.6 is 0 Å². The molecule has 0 bridgehead atoms. The Labute approximate surface area is 722 Å². The fourth-order valence-corrected chi connectivity index (χ4v) is 0. The first-order valence-corrected chi connectivity index (χ1v) is 3.73. The van der Waals surface area contributed by atoms with E-state index in [1.807, 2.05) is 27.7 Å². The summed E-state index contributed by atoms with van der Waals surface area (Å²) in [5.74, 6) is 0.833. The van der Waals surface area contributed by atoms with Gasteiger partial charge in [0.15, 0.2) is 0 Å². The fraction of sp³-hybridized carbons (Fsp3) is 0.889. The van der Waals surface area contributed by atoms with Crippen molar-refractivity contribution in [3.05, 3.63) is 7.43 Å². The summed E-state index contributed by atoms with van der Waals surface area (Å²) in [7, 11) is 0. The summed E-state index contributed by atoms with van der Waals surface area (Å²) in [5.41, 5.74) is 0. The summed E-state index contributed by atoms with van der Waals surface area (Å²) in [6, 6.07) is 0. The van der Waals surface area contributed by atoms with E-state index >= 15 is 0 Å². The van der Waals surface area contributed by atoms with Gasteiger partial charge in [-0.2, -0.15) is 0 Å². The topological polar surface area (TPSA) is 0 Å². The van der Waals surface area contributed by atoms with Crippen LogP contribution in [0.2, 0.25) is 0 Å². The second kappa shape index (κ2) is 199. The maximum atomic E-state index is 2.17. The molecule has 0 spiro atoms. The van der Waals surface area contributed by atoms with Gasteiger partial charge < -0.3 is 7.43 Å². The van der Waals surface area contributed by atoms with Gasteiger partial charge >= 0.3 is 0 Å². The Balaban J connectivity index is -0.000000000406. The quantitative estimate of drug-likeness (QED) is 0.321. The second-order valence-corrected chi connectivity index (χ2v) is 1.73. The van der Waals surface area contributed by atoms with E-state index < -0.39 is 0 Å². The molecule has 0 rings (SSSR count). The van der Waals surface area contributed by atoms with Gasteiger partial charge in [0.25, 0.3) is 0 Å². The van der Waals surface area contributed by atoms with Crippen molar-refractivity contribution in [2.45, 2.75) is 48.5 Å².